The number of halogens is 5. The van der Waals surface area contributed by atoms with E-state index < -0.39 is 18.0 Å². The first-order chi connectivity index (χ1) is 10.3. The van der Waals surface area contributed by atoms with Crippen LogP contribution in [0.3, 0.4) is 0 Å². The number of aromatic nitrogens is 1. The summed E-state index contributed by atoms with van der Waals surface area (Å²) >= 11 is 6.48. The van der Waals surface area contributed by atoms with Crippen molar-refractivity contribution in [2.24, 2.45) is 0 Å². The van der Waals surface area contributed by atoms with Gasteiger partial charge in [0.15, 0.2) is 0 Å². The number of rotatable bonds is 4. The fourth-order valence-electron chi connectivity index (χ4n) is 1.91. The predicted octanol–water partition coefficient (Wildman–Crippen LogP) is 5.12. The van der Waals surface area contributed by atoms with Crippen LogP contribution < -0.4 is 0 Å². The van der Waals surface area contributed by atoms with E-state index in [1.54, 1.807) is 0 Å². The summed E-state index contributed by atoms with van der Waals surface area (Å²) in [5, 5.41) is 0.356. The van der Waals surface area contributed by atoms with Crippen LogP contribution in [0, 0.1) is 5.82 Å². The van der Waals surface area contributed by atoms with E-state index >= 15 is 0 Å². The molecule has 0 N–H and O–H groups in total. The smallest absolute Gasteiger partial charge is 0.260 e. The predicted molar refractivity (Wildman–Crippen MR) is 78.1 cm³/mol. The summed E-state index contributed by atoms with van der Waals surface area (Å²) in [5.74, 6) is -0.603. The molecule has 1 atom stereocenters. The Morgan fingerprint density at radius 2 is 1.82 bits per heavy atom. The minimum atomic E-state index is -4.49. The number of alkyl halides is 3. The molecule has 1 unspecified atom stereocenters. The van der Waals surface area contributed by atoms with Crippen LogP contribution in [0.5, 0.6) is 0 Å². The van der Waals surface area contributed by atoms with Crippen molar-refractivity contribution in [3.63, 3.8) is 0 Å². The van der Waals surface area contributed by atoms with Gasteiger partial charge in [-0.3, -0.25) is 4.98 Å². The highest BCUT2D eigenvalue weighted by atomic mass is 35.5. The molecule has 1 heterocycles. The molecular formula is C14H11ClF4N2S. The topological polar surface area (TPSA) is 16.1 Å². The third kappa shape index (κ3) is 4.34. The quantitative estimate of drug-likeness (QED) is 0.562. The summed E-state index contributed by atoms with van der Waals surface area (Å²) in [6.07, 6.45) is -2.19. The summed E-state index contributed by atoms with van der Waals surface area (Å²) in [7, 11) is 1.29. The van der Waals surface area contributed by atoms with E-state index in [0.29, 0.717) is 5.02 Å². The first-order valence-corrected chi connectivity index (χ1v) is 7.26. The van der Waals surface area contributed by atoms with E-state index in [0.717, 1.165) is 28.5 Å². The van der Waals surface area contributed by atoms with Gasteiger partial charge in [0.1, 0.15) is 11.9 Å². The van der Waals surface area contributed by atoms with Gasteiger partial charge in [0, 0.05) is 16.1 Å². The van der Waals surface area contributed by atoms with Crippen LogP contribution in [0.4, 0.5) is 17.6 Å². The van der Waals surface area contributed by atoms with Crippen LogP contribution in [-0.4, -0.2) is 22.5 Å². The van der Waals surface area contributed by atoms with E-state index in [9.17, 15) is 17.6 Å². The van der Waals surface area contributed by atoms with Gasteiger partial charge in [0.05, 0.1) is 6.20 Å². The molecule has 0 radical (unpaired) electrons. The lowest BCUT2D eigenvalue weighted by atomic mass is 10.1. The Morgan fingerprint density at radius 3 is 2.36 bits per heavy atom. The zero-order valence-corrected chi connectivity index (χ0v) is 12.9. The summed E-state index contributed by atoms with van der Waals surface area (Å²) < 4.78 is 54.2. The van der Waals surface area contributed by atoms with Crippen molar-refractivity contribution in [1.82, 2.24) is 9.29 Å². The molecule has 0 spiro atoms. The second-order valence-electron chi connectivity index (χ2n) is 4.47. The van der Waals surface area contributed by atoms with Gasteiger partial charge in [-0.1, -0.05) is 23.7 Å². The minimum absolute atomic E-state index is 0.0521. The Hall–Kier alpha value is -1.31. The van der Waals surface area contributed by atoms with Crippen LogP contribution in [-0.2, 0) is 0 Å². The van der Waals surface area contributed by atoms with E-state index in [4.69, 9.17) is 11.6 Å². The molecule has 0 saturated heterocycles. The Labute approximate surface area is 134 Å². The van der Waals surface area contributed by atoms with Gasteiger partial charge in [-0.25, -0.2) is 8.70 Å². The fraction of sp³-hybridized carbons (Fsp3) is 0.214. The lowest BCUT2D eigenvalue weighted by molar-refractivity contribution is -0.169. The molecule has 0 aliphatic rings. The molecular weight excluding hydrogens is 340 g/mol. The molecule has 2 nitrogen and oxygen atoms in total. The van der Waals surface area contributed by atoms with Gasteiger partial charge < -0.3 is 0 Å². The van der Waals surface area contributed by atoms with Crippen molar-refractivity contribution in [1.29, 1.82) is 0 Å². The molecule has 1 aromatic carbocycles. The van der Waals surface area contributed by atoms with Gasteiger partial charge in [0.25, 0.3) is 0 Å². The summed E-state index contributed by atoms with van der Waals surface area (Å²) in [6.45, 7) is 0. The molecule has 1 aromatic heterocycles. The molecule has 2 aromatic rings. The van der Waals surface area contributed by atoms with Crippen LogP contribution in [0.1, 0.15) is 11.6 Å². The van der Waals surface area contributed by atoms with Gasteiger partial charge in [0.2, 0.25) is 0 Å². The molecule has 0 aliphatic carbocycles. The van der Waals surface area contributed by atoms with E-state index in [2.05, 4.69) is 4.98 Å². The summed E-state index contributed by atoms with van der Waals surface area (Å²) in [4.78, 5) is 3.90. The van der Waals surface area contributed by atoms with Gasteiger partial charge in [-0.05, 0) is 42.8 Å². The van der Waals surface area contributed by atoms with E-state index in [1.165, 1.54) is 37.5 Å². The summed E-state index contributed by atoms with van der Waals surface area (Å²) in [5.41, 5.74) is 0.0521. The number of benzene rings is 1. The fourth-order valence-corrected chi connectivity index (χ4v) is 2.99. The van der Waals surface area contributed by atoms with Crippen molar-refractivity contribution >= 4 is 23.5 Å². The van der Waals surface area contributed by atoms with Crippen LogP contribution >= 0.6 is 23.5 Å². The first kappa shape index (κ1) is 17.1. The number of hydrogen-bond donors (Lipinski definition) is 0. The van der Waals surface area contributed by atoms with Crippen LogP contribution in [0.15, 0.2) is 47.6 Å². The number of nitrogens with zero attached hydrogens (tertiary/aromatic N) is 2. The molecule has 0 fully saturated rings. The molecule has 0 amide bonds. The molecule has 2 rings (SSSR count). The van der Waals surface area contributed by atoms with Gasteiger partial charge >= 0.3 is 6.18 Å². The Morgan fingerprint density at radius 1 is 1.18 bits per heavy atom. The number of pyridine rings is 1. The van der Waals surface area contributed by atoms with Crippen LogP contribution in [0.2, 0.25) is 5.02 Å². The SMILES string of the molecule is CN(Sc1cncc(F)c1)C(c1ccc(Cl)cc1)C(F)(F)F. The largest absolute Gasteiger partial charge is 0.408 e. The van der Waals surface area contributed by atoms with Crippen molar-refractivity contribution in [3.05, 3.63) is 59.1 Å². The molecule has 8 heteroatoms. The van der Waals surface area contributed by atoms with E-state index in [-0.39, 0.29) is 10.5 Å². The van der Waals surface area contributed by atoms with Crippen molar-refractivity contribution in [3.8, 4) is 0 Å². The highest BCUT2D eigenvalue weighted by molar-refractivity contribution is 7.97. The second kappa shape index (κ2) is 6.85. The zero-order chi connectivity index (χ0) is 16.3. The molecule has 22 heavy (non-hydrogen) atoms. The third-order valence-corrected chi connectivity index (χ3v) is 3.97. The molecule has 0 bridgehead atoms. The second-order valence-corrected chi connectivity index (χ2v) is 6.14. The van der Waals surface area contributed by atoms with Crippen molar-refractivity contribution < 1.29 is 17.6 Å². The molecule has 0 saturated carbocycles. The standard InChI is InChI=1S/C14H11ClF4N2S/c1-21(22-12-6-11(16)7-20-8-12)13(14(17,18)19)9-2-4-10(15)5-3-9/h2-8,13H,1H3. The molecule has 0 aliphatic heterocycles. The maximum absolute atomic E-state index is 13.4. The van der Waals surface area contributed by atoms with Gasteiger partial charge in [-0.2, -0.15) is 13.2 Å². The normalized spacial score (nSPS) is 13.4. The van der Waals surface area contributed by atoms with Gasteiger partial charge in [-0.15, -0.1) is 0 Å². The maximum atomic E-state index is 13.4. The van der Waals surface area contributed by atoms with Crippen molar-refractivity contribution in [2.45, 2.75) is 17.1 Å². The Balaban J connectivity index is 2.27. The van der Waals surface area contributed by atoms with Crippen molar-refractivity contribution in [2.75, 3.05) is 7.05 Å². The molecule has 118 valence electrons. The highest BCUT2D eigenvalue weighted by Gasteiger charge is 2.44. The Kier molecular flexibility index (Phi) is 5.31. The minimum Gasteiger partial charge on any atom is -0.260 e. The average molecular weight is 351 g/mol. The Bertz CT molecular complexity index is 633. The van der Waals surface area contributed by atoms with Crippen LogP contribution in [0.25, 0.3) is 0 Å². The third-order valence-electron chi connectivity index (χ3n) is 2.79. The number of hydrogen-bond acceptors (Lipinski definition) is 3. The monoisotopic (exact) mass is 350 g/mol. The lowest BCUT2D eigenvalue weighted by Crippen LogP contribution is -2.31. The maximum Gasteiger partial charge on any atom is 0.408 e. The average Bonchev–Trinajstić information content (AvgIpc) is 2.39. The summed E-state index contributed by atoms with van der Waals surface area (Å²) in [6, 6.07) is 4.72. The zero-order valence-electron chi connectivity index (χ0n) is 11.3. The highest BCUT2D eigenvalue weighted by Crippen LogP contribution is 2.41. The first-order valence-electron chi connectivity index (χ1n) is 6.11. The van der Waals surface area contributed by atoms with E-state index in [1.807, 2.05) is 0 Å². The lowest BCUT2D eigenvalue weighted by Gasteiger charge is -2.29.